The predicted octanol–water partition coefficient (Wildman–Crippen LogP) is 4.53. The van der Waals surface area contributed by atoms with Gasteiger partial charge in [-0.1, -0.05) is 36.0 Å². The highest BCUT2D eigenvalue weighted by atomic mass is 32.2. The number of thioether (sulfide) groups is 1. The van der Waals surface area contributed by atoms with Gasteiger partial charge in [-0.2, -0.15) is 0 Å². The van der Waals surface area contributed by atoms with Crippen LogP contribution in [0.1, 0.15) is 35.6 Å². The fourth-order valence-corrected chi connectivity index (χ4v) is 5.22. The number of aliphatic imine (C=N–C) groups is 1. The maximum absolute atomic E-state index is 13.4. The van der Waals surface area contributed by atoms with Crippen LogP contribution < -0.4 is 0 Å². The third-order valence-electron chi connectivity index (χ3n) is 5.18. The summed E-state index contributed by atoms with van der Waals surface area (Å²) >= 11 is 1.53. The molecule has 2 aromatic rings. The summed E-state index contributed by atoms with van der Waals surface area (Å²) in [5.41, 5.74) is 0.520. The van der Waals surface area contributed by atoms with E-state index in [9.17, 15) is 13.9 Å². The minimum Gasteiger partial charge on any atom is -0.369 e. The fraction of sp³-hybridized carbons (Fsp3) is 0.381. The molecule has 0 aromatic heterocycles. The van der Waals surface area contributed by atoms with Gasteiger partial charge in [0, 0.05) is 19.5 Å². The number of rotatable bonds is 3. The second-order valence-corrected chi connectivity index (χ2v) is 8.18. The SMILES string of the molecule is OC1(Cc2ccc(F)cc2)C(c2ccc(F)cc2)SC2=NCCCCCN21. The van der Waals surface area contributed by atoms with Gasteiger partial charge in [0.1, 0.15) is 11.6 Å². The number of hydrogen-bond donors (Lipinski definition) is 1. The molecule has 2 atom stereocenters. The van der Waals surface area contributed by atoms with Crippen molar-refractivity contribution in [3.63, 3.8) is 0 Å². The number of benzene rings is 2. The van der Waals surface area contributed by atoms with Crippen LogP contribution in [0.15, 0.2) is 53.5 Å². The molecule has 2 unspecified atom stereocenters. The molecule has 0 spiro atoms. The van der Waals surface area contributed by atoms with Gasteiger partial charge in [-0.15, -0.1) is 0 Å². The van der Waals surface area contributed by atoms with Gasteiger partial charge >= 0.3 is 0 Å². The normalized spacial score (nSPS) is 25.5. The molecule has 27 heavy (non-hydrogen) atoms. The molecule has 0 bridgehead atoms. The van der Waals surface area contributed by atoms with E-state index >= 15 is 0 Å². The zero-order valence-corrected chi connectivity index (χ0v) is 15.8. The summed E-state index contributed by atoms with van der Waals surface area (Å²) in [4.78, 5) is 6.70. The quantitative estimate of drug-likeness (QED) is 0.839. The van der Waals surface area contributed by atoms with E-state index in [1.807, 2.05) is 4.90 Å². The van der Waals surface area contributed by atoms with Crippen molar-refractivity contribution in [1.29, 1.82) is 0 Å². The Hall–Kier alpha value is -1.92. The molecular weight excluding hydrogens is 366 g/mol. The van der Waals surface area contributed by atoms with Crippen LogP contribution in [0.2, 0.25) is 0 Å². The Labute approximate surface area is 162 Å². The minimum atomic E-state index is -1.20. The molecule has 2 aliphatic rings. The van der Waals surface area contributed by atoms with E-state index < -0.39 is 5.72 Å². The van der Waals surface area contributed by atoms with Crippen LogP contribution in [0.3, 0.4) is 0 Å². The third-order valence-corrected chi connectivity index (χ3v) is 6.62. The standard InChI is InChI=1S/C21H22F2N2OS/c22-17-8-4-15(5-9-17)14-21(26)19(16-6-10-18(23)11-7-16)27-20-24-12-2-1-3-13-25(20)21/h4-11,19,26H,1-3,12-14H2. The van der Waals surface area contributed by atoms with Crippen molar-refractivity contribution in [3.8, 4) is 0 Å². The Bertz CT molecular complexity index is 825. The Balaban J connectivity index is 1.74. The first-order valence-corrected chi connectivity index (χ1v) is 10.2. The van der Waals surface area contributed by atoms with Gasteiger partial charge in [-0.25, -0.2) is 8.78 Å². The third kappa shape index (κ3) is 3.73. The van der Waals surface area contributed by atoms with E-state index in [4.69, 9.17) is 4.99 Å². The lowest BCUT2D eigenvalue weighted by Crippen LogP contribution is -2.51. The average Bonchev–Trinajstić information content (AvgIpc) is 2.89. The van der Waals surface area contributed by atoms with Gasteiger partial charge in [0.05, 0.1) is 5.25 Å². The van der Waals surface area contributed by atoms with Crippen LogP contribution in [0, 0.1) is 11.6 Å². The van der Waals surface area contributed by atoms with Crippen LogP contribution in [0.5, 0.6) is 0 Å². The largest absolute Gasteiger partial charge is 0.369 e. The highest BCUT2D eigenvalue weighted by Crippen LogP contribution is 2.50. The van der Waals surface area contributed by atoms with Crippen LogP contribution in [-0.2, 0) is 6.42 Å². The Kier molecular flexibility index (Phi) is 5.19. The lowest BCUT2D eigenvalue weighted by atomic mass is 9.93. The Morgan fingerprint density at radius 2 is 1.67 bits per heavy atom. The molecule has 1 fully saturated rings. The van der Waals surface area contributed by atoms with E-state index in [0.717, 1.165) is 48.6 Å². The van der Waals surface area contributed by atoms with Crippen LogP contribution in [0.25, 0.3) is 0 Å². The van der Waals surface area contributed by atoms with Gasteiger partial charge in [0.25, 0.3) is 0 Å². The summed E-state index contributed by atoms with van der Waals surface area (Å²) in [5, 5.41) is 12.4. The average molecular weight is 388 g/mol. The van der Waals surface area contributed by atoms with Crippen molar-refractivity contribution in [3.05, 3.63) is 71.3 Å². The molecule has 1 saturated heterocycles. The lowest BCUT2D eigenvalue weighted by molar-refractivity contribution is -0.0649. The second-order valence-electron chi connectivity index (χ2n) is 7.11. The number of amidine groups is 1. The molecule has 142 valence electrons. The number of nitrogens with zero attached hydrogens (tertiary/aromatic N) is 2. The first kappa shape index (κ1) is 18.4. The second kappa shape index (κ2) is 7.60. The zero-order chi connectivity index (χ0) is 18.9. The molecule has 0 aliphatic carbocycles. The van der Waals surface area contributed by atoms with Crippen molar-refractivity contribution < 1.29 is 13.9 Å². The Morgan fingerprint density at radius 1 is 1.00 bits per heavy atom. The first-order valence-electron chi connectivity index (χ1n) is 9.27. The fourth-order valence-electron chi connectivity index (χ4n) is 3.78. The molecule has 3 nitrogen and oxygen atoms in total. The lowest BCUT2D eigenvalue weighted by Gasteiger charge is -2.38. The van der Waals surface area contributed by atoms with Gasteiger partial charge in [-0.05, 0) is 54.7 Å². The summed E-state index contributed by atoms with van der Waals surface area (Å²) in [6, 6.07) is 12.5. The molecule has 0 amide bonds. The molecule has 0 radical (unpaired) electrons. The molecule has 4 rings (SSSR count). The number of fused-ring (bicyclic) bond motifs is 1. The van der Waals surface area contributed by atoms with E-state index in [-0.39, 0.29) is 16.9 Å². The zero-order valence-electron chi connectivity index (χ0n) is 14.9. The van der Waals surface area contributed by atoms with E-state index in [1.165, 1.54) is 36.0 Å². The molecule has 2 aliphatic heterocycles. The first-order chi connectivity index (χ1) is 13.1. The monoisotopic (exact) mass is 388 g/mol. The maximum atomic E-state index is 13.4. The summed E-state index contributed by atoms with van der Waals surface area (Å²) in [6.07, 6.45) is 3.46. The van der Waals surface area contributed by atoms with Crippen molar-refractivity contribution in [1.82, 2.24) is 4.90 Å². The van der Waals surface area contributed by atoms with Crippen LogP contribution >= 0.6 is 11.8 Å². The molecule has 1 N–H and O–H groups in total. The van der Waals surface area contributed by atoms with Crippen molar-refractivity contribution in [2.75, 3.05) is 13.1 Å². The van der Waals surface area contributed by atoms with Crippen molar-refractivity contribution in [2.24, 2.45) is 4.99 Å². The topological polar surface area (TPSA) is 35.8 Å². The highest BCUT2D eigenvalue weighted by molar-refractivity contribution is 8.14. The number of halogens is 2. The predicted molar refractivity (Wildman–Crippen MR) is 105 cm³/mol. The smallest absolute Gasteiger partial charge is 0.162 e. The number of aliphatic hydroxyl groups is 1. The molecule has 2 aromatic carbocycles. The summed E-state index contributed by atoms with van der Waals surface area (Å²) < 4.78 is 26.7. The Morgan fingerprint density at radius 3 is 2.37 bits per heavy atom. The number of hydrogen-bond acceptors (Lipinski definition) is 4. The van der Waals surface area contributed by atoms with Crippen LogP contribution in [-0.4, -0.2) is 34.0 Å². The summed E-state index contributed by atoms with van der Waals surface area (Å²) in [6.45, 7) is 1.48. The maximum Gasteiger partial charge on any atom is 0.162 e. The molecule has 2 heterocycles. The van der Waals surface area contributed by atoms with Gasteiger partial charge in [0.2, 0.25) is 0 Å². The van der Waals surface area contributed by atoms with E-state index in [0.29, 0.717) is 6.42 Å². The molecule has 0 saturated carbocycles. The van der Waals surface area contributed by atoms with Gasteiger partial charge in [-0.3, -0.25) is 4.99 Å². The van der Waals surface area contributed by atoms with Crippen LogP contribution in [0.4, 0.5) is 8.78 Å². The van der Waals surface area contributed by atoms with Gasteiger partial charge < -0.3 is 10.0 Å². The minimum absolute atomic E-state index is 0.292. The van der Waals surface area contributed by atoms with Crippen molar-refractivity contribution in [2.45, 2.75) is 36.7 Å². The van der Waals surface area contributed by atoms with Crippen molar-refractivity contribution >= 4 is 16.9 Å². The molecule has 6 heteroatoms. The van der Waals surface area contributed by atoms with E-state index in [1.54, 1.807) is 24.3 Å². The summed E-state index contributed by atoms with van der Waals surface area (Å²) in [7, 11) is 0. The van der Waals surface area contributed by atoms with Gasteiger partial charge in [0.15, 0.2) is 10.9 Å². The molecular formula is C21H22F2N2OS. The van der Waals surface area contributed by atoms with E-state index in [2.05, 4.69) is 0 Å². The summed E-state index contributed by atoms with van der Waals surface area (Å²) in [5.74, 6) is -0.595. The highest BCUT2D eigenvalue weighted by Gasteiger charge is 2.51.